The predicted octanol–water partition coefficient (Wildman–Crippen LogP) is 1.51. The first kappa shape index (κ1) is 11.2. The predicted molar refractivity (Wildman–Crippen MR) is 59.4 cm³/mol. The maximum atomic E-state index is 9.02. The van der Waals surface area contributed by atoms with Crippen molar-refractivity contribution >= 4 is 0 Å². The van der Waals surface area contributed by atoms with Crippen LogP contribution in [0.4, 0.5) is 0 Å². The van der Waals surface area contributed by atoms with Gasteiger partial charge >= 0.3 is 0 Å². The number of aryl methyl sites for hydroxylation is 1. The summed E-state index contributed by atoms with van der Waals surface area (Å²) in [7, 11) is 0. The zero-order valence-electron chi connectivity index (χ0n) is 8.96. The zero-order chi connectivity index (χ0) is 10.4. The Hall–Kier alpha value is -0.860. The molecular formula is C12H19NO. The minimum absolute atomic E-state index is 0.256. The number of hydrogen-bond donors (Lipinski definition) is 2. The van der Waals surface area contributed by atoms with Crippen molar-refractivity contribution in [3.8, 4) is 0 Å². The molecule has 0 aliphatic carbocycles. The van der Waals surface area contributed by atoms with Crippen molar-refractivity contribution in [1.82, 2.24) is 5.32 Å². The second-order valence-electron chi connectivity index (χ2n) is 3.79. The van der Waals surface area contributed by atoms with Gasteiger partial charge in [-0.3, -0.25) is 0 Å². The molecule has 2 heteroatoms. The van der Waals surface area contributed by atoms with Gasteiger partial charge in [0, 0.05) is 6.54 Å². The molecular weight excluding hydrogens is 174 g/mol. The van der Waals surface area contributed by atoms with Gasteiger partial charge in [-0.1, -0.05) is 29.8 Å². The van der Waals surface area contributed by atoms with E-state index in [9.17, 15) is 0 Å². The molecule has 1 aromatic carbocycles. The topological polar surface area (TPSA) is 32.3 Å². The van der Waals surface area contributed by atoms with E-state index in [0.717, 1.165) is 13.0 Å². The van der Waals surface area contributed by atoms with Gasteiger partial charge in [-0.15, -0.1) is 0 Å². The molecule has 0 saturated carbocycles. The Kier molecular flexibility index (Phi) is 4.63. The van der Waals surface area contributed by atoms with Crippen molar-refractivity contribution in [2.24, 2.45) is 0 Å². The maximum absolute atomic E-state index is 9.02. The summed E-state index contributed by atoms with van der Waals surface area (Å²) >= 11 is 0. The SMILES string of the molecule is Cc1ccc(CCNCC(C)O)cc1. The minimum atomic E-state index is -0.256. The Morgan fingerprint density at radius 2 is 1.93 bits per heavy atom. The van der Waals surface area contributed by atoms with Crippen LogP contribution in [0.2, 0.25) is 0 Å². The fraction of sp³-hybridized carbons (Fsp3) is 0.500. The molecule has 1 aromatic rings. The average molecular weight is 193 g/mol. The van der Waals surface area contributed by atoms with Gasteiger partial charge in [0.15, 0.2) is 0 Å². The van der Waals surface area contributed by atoms with Gasteiger partial charge in [-0.25, -0.2) is 0 Å². The molecule has 0 aliphatic heterocycles. The highest BCUT2D eigenvalue weighted by Crippen LogP contribution is 2.02. The van der Waals surface area contributed by atoms with Crippen LogP contribution in [0, 0.1) is 6.92 Å². The molecule has 2 nitrogen and oxygen atoms in total. The van der Waals surface area contributed by atoms with E-state index in [1.54, 1.807) is 6.92 Å². The van der Waals surface area contributed by atoms with Crippen LogP contribution < -0.4 is 5.32 Å². The van der Waals surface area contributed by atoms with Crippen molar-refractivity contribution < 1.29 is 5.11 Å². The number of hydrogen-bond acceptors (Lipinski definition) is 2. The summed E-state index contributed by atoms with van der Waals surface area (Å²) in [6, 6.07) is 8.56. The highest BCUT2D eigenvalue weighted by Gasteiger charge is 1.95. The van der Waals surface area contributed by atoms with E-state index in [0.29, 0.717) is 6.54 Å². The number of rotatable bonds is 5. The summed E-state index contributed by atoms with van der Waals surface area (Å²) < 4.78 is 0. The summed E-state index contributed by atoms with van der Waals surface area (Å²) in [5.74, 6) is 0. The van der Waals surface area contributed by atoms with Crippen LogP contribution in [-0.2, 0) is 6.42 Å². The Morgan fingerprint density at radius 3 is 2.50 bits per heavy atom. The van der Waals surface area contributed by atoms with Crippen LogP contribution in [0.25, 0.3) is 0 Å². The lowest BCUT2D eigenvalue weighted by Crippen LogP contribution is -2.26. The van der Waals surface area contributed by atoms with Crippen LogP contribution in [0.5, 0.6) is 0 Å². The highest BCUT2D eigenvalue weighted by molar-refractivity contribution is 5.21. The van der Waals surface area contributed by atoms with E-state index in [4.69, 9.17) is 5.11 Å². The molecule has 78 valence electrons. The third-order valence-electron chi connectivity index (χ3n) is 2.15. The van der Waals surface area contributed by atoms with E-state index in [1.165, 1.54) is 11.1 Å². The quantitative estimate of drug-likeness (QED) is 0.695. The first-order valence-electron chi connectivity index (χ1n) is 5.13. The fourth-order valence-electron chi connectivity index (χ4n) is 1.30. The van der Waals surface area contributed by atoms with Crippen molar-refractivity contribution in [1.29, 1.82) is 0 Å². The van der Waals surface area contributed by atoms with Gasteiger partial charge in [0.05, 0.1) is 6.10 Å². The first-order valence-corrected chi connectivity index (χ1v) is 5.13. The molecule has 0 bridgehead atoms. The minimum Gasteiger partial charge on any atom is -0.392 e. The smallest absolute Gasteiger partial charge is 0.0636 e. The molecule has 0 fully saturated rings. The molecule has 14 heavy (non-hydrogen) atoms. The highest BCUT2D eigenvalue weighted by atomic mass is 16.3. The Bertz CT molecular complexity index is 254. The Labute approximate surface area is 86.0 Å². The normalized spacial score (nSPS) is 12.8. The van der Waals surface area contributed by atoms with E-state index >= 15 is 0 Å². The standard InChI is InChI=1S/C12H19NO/c1-10-3-5-12(6-4-10)7-8-13-9-11(2)14/h3-6,11,13-14H,7-9H2,1-2H3. The summed E-state index contributed by atoms with van der Waals surface area (Å²) in [6.45, 7) is 5.48. The van der Waals surface area contributed by atoms with Gasteiger partial charge in [-0.2, -0.15) is 0 Å². The van der Waals surface area contributed by atoms with E-state index in [-0.39, 0.29) is 6.10 Å². The molecule has 0 saturated heterocycles. The van der Waals surface area contributed by atoms with Crippen LogP contribution in [0.15, 0.2) is 24.3 Å². The summed E-state index contributed by atoms with van der Waals surface area (Å²) in [5.41, 5.74) is 2.64. The molecule has 1 unspecified atom stereocenters. The number of benzene rings is 1. The number of nitrogens with one attached hydrogen (secondary N) is 1. The van der Waals surface area contributed by atoms with Crippen LogP contribution >= 0.6 is 0 Å². The largest absolute Gasteiger partial charge is 0.392 e. The van der Waals surface area contributed by atoms with E-state index in [2.05, 4.69) is 36.5 Å². The second kappa shape index (κ2) is 5.78. The fourth-order valence-corrected chi connectivity index (χ4v) is 1.30. The van der Waals surface area contributed by atoms with Crippen LogP contribution in [0.3, 0.4) is 0 Å². The maximum Gasteiger partial charge on any atom is 0.0636 e. The van der Waals surface area contributed by atoms with Gasteiger partial charge < -0.3 is 10.4 Å². The monoisotopic (exact) mass is 193 g/mol. The third kappa shape index (κ3) is 4.40. The Morgan fingerprint density at radius 1 is 1.29 bits per heavy atom. The lowest BCUT2D eigenvalue weighted by molar-refractivity contribution is 0.191. The van der Waals surface area contributed by atoms with E-state index in [1.807, 2.05) is 0 Å². The lowest BCUT2D eigenvalue weighted by Gasteiger charge is -2.06. The van der Waals surface area contributed by atoms with Crippen molar-refractivity contribution in [2.75, 3.05) is 13.1 Å². The molecule has 0 spiro atoms. The molecule has 1 rings (SSSR count). The van der Waals surface area contributed by atoms with Crippen molar-refractivity contribution in [2.45, 2.75) is 26.4 Å². The van der Waals surface area contributed by atoms with Gasteiger partial charge in [0.2, 0.25) is 0 Å². The number of aliphatic hydroxyl groups excluding tert-OH is 1. The third-order valence-corrected chi connectivity index (χ3v) is 2.15. The molecule has 1 atom stereocenters. The second-order valence-corrected chi connectivity index (χ2v) is 3.79. The van der Waals surface area contributed by atoms with Gasteiger partial charge in [0.1, 0.15) is 0 Å². The average Bonchev–Trinajstić information content (AvgIpc) is 2.15. The van der Waals surface area contributed by atoms with Crippen molar-refractivity contribution in [3.63, 3.8) is 0 Å². The van der Waals surface area contributed by atoms with Gasteiger partial charge in [-0.05, 0) is 32.4 Å². The molecule has 0 amide bonds. The lowest BCUT2D eigenvalue weighted by atomic mass is 10.1. The van der Waals surface area contributed by atoms with Crippen molar-refractivity contribution in [3.05, 3.63) is 35.4 Å². The first-order chi connectivity index (χ1) is 6.68. The molecule has 0 aromatic heterocycles. The summed E-state index contributed by atoms with van der Waals surface area (Å²) in [6.07, 6.45) is 0.764. The molecule has 0 radical (unpaired) electrons. The van der Waals surface area contributed by atoms with Gasteiger partial charge in [0.25, 0.3) is 0 Å². The summed E-state index contributed by atoms with van der Waals surface area (Å²) in [5, 5.41) is 12.2. The summed E-state index contributed by atoms with van der Waals surface area (Å²) in [4.78, 5) is 0. The molecule has 2 N–H and O–H groups in total. The van der Waals surface area contributed by atoms with E-state index < -0.39 is 0 Å². The Balaban J connectivity index is 2.21. The van der Waals surface area contributed by atoms with Crippen LogP contribution in [-0.4, -0.2) is 24.3 Å². The molecule has 0 heterocycles. The van der Waals surface area contributed by atoms with Crippen LogP contribution in [0.1, 0.15) is 18.1 Å². The number of aliphatic hydroxyl groups is 1. The molecule has 0 aliphatic rings. The zero-order valence-corrected chi connectivity index (χ0v) is 8.96.